The molecular weight excluding hydrogens is 337 g/mol. The van der Waals surface area contributed by atoms with E-state index in [1.165, 1.54) is 12.1 Å². The maximum Gasteiger partial charge on any atom is 0.200 e. The van der Waals surface area contributed by atoms with Crippen LogP contribution in [0.4, 0.5) is 22.0 Å². The molecule has 2 N–H and O–H groups in total. The van der Waals surface area contributed by atoms with Crippen LogP contribution in [0.25, 0.3) is 0 Å². The van der Waals surface area contributed by atoms with Crippen molar-refractivity contribution in [3.8, 4) is 0 Å². The van der Waals surface area contributed by atoms with Gasteiger partial charge in [0, 0.05) is 0 Å². The maximum atomic E-state index is 13.5. The summed E-state index contributed by atoms with van der Waals surface area (Å²) in [6.07, 6.45) is 0. The molecule has 1 aromatic heterocycles. The third-order valence-electron chi connectivity index (χ3n) is 2.46. The topological polar surface area (TPSA) is 39.2 Å². The van der Waals surface area contributed by atoms with Gasteiger partial charge in [0.25, 0.3) is 0 Å². The predicted octanol–water partition coefficient (Wildman–Crippen LogP) is 3.79. The van der Waals surface area contributed by atoms with Crippen LogP contribution in [-0.2, 0) is 0 Å². The highest BCUT2D eigenvalue weighted by Gasteiger charge is 2.30. The zero-order valence-corrected chi connectivity index (χ0v) is 10.6. The van der Waals surface area contributed by atoms with Crippen molar-refractivity contribution in [3.05, 3.63) is 57.2 Å². The Bertz CT molecular complexity index is 613. The van der Waals surface area contributed by atoms with E-state index in [2.05, 4.69) is 15.9 Å². The zero-order valence-electron chi connectivity index (χ0n) is 8.99. The lowest BCUT2D eigenvalue weighted by Crippen LogP contribution is -2.18. The number of hydrogen-bond acceptors (Lipinski definition) is 2. The first-order valence-electron chi connectivity index (χ1n) is 4.86. The molecule has 1 aromatic carbocycles. The maximum absolute atomic E-state index is 13.5. The van der Waals surface area contributed by atoms with Crippen LogP contribution in [0.2, 0.25) is 0 Å². The third kappa shape index (κ3) is 2.25. The van der Waals surface area contributed by atoms with Gasteiger partial charge in [-0.25, -0.2) is 22.0 Å². The second kappa shape index (κ2) is 4.93. The Morgan fingerprint density at radius 2 is 1.37 bits per heavy atom. The minimum absolute atomic E-state index is 0.143. The molecule has 8 heteroatoms. The molecule has 0 saturated heterocycles. The van der Waals surface area contributed by atoms with Gasteiger partial charge in [-0.3, -0.25) is 0 Å². The lowest BCUT2D eigenvalue weighted by Gasteiger charge is -2.13. The van der Waals surface area contributed by atoms with Crippen molar-refractivity contribution in [1.29, 1.82) is 0 Å². The Morgan fingerprint density at radius 3 is 1.79 bits per heavy atom. The van der Waals surface area contributed by atoms with Crippen LogP contribution in [0.15, 0.2) is 21.2 Å². The molecule has 0 fully saturated rings. The molecular formula is C11H5BrF5NO. The molecule has 0 aliphatic heterocycles. The summed E-state index contributed by atoms with van der Waals surface area (Å²) in [6, 6.07) is 1.02. The normalized spacial score (nSPS) is 12.8. The van der Waals surface area contributed by atoms with Crippen LogP contribution < -0.4 is 5.73 Å². The van der Waals surface area contributed by atoms with Gasteiger partial charge in [0.1, 0.15) is 5.76 Å². The molecule has 0 spiro atoms. The van der Waals surface area contributed by atoms with Gasteiger partial charge >= 0.3 is 0 Å². The SMILES string of the molecule is NC(c1ccc(Br)o1)c1c(F)c(F)c(F)c(F)c1F. The summed E-state index contributed by atoms with van der Waals surface area (Å²) in [6.45, 7) is 0. The summed E-state index contributed by atoms with van der Waals surface area (Å²) in [5, 5.41) is 0. The fourth-order valence-corrected chi connectivity index (χ4v) is 1.85. The molecule has 0 saturated carbocycles. The van der Waals surface area contributed by atoms with Crippen molar-refractivity contribution in [2.24, 2.45) is 5.73 Å². The molecule has 1 heterocycles. The number of benzene rings is 1. The molecule has 0 amide bonds. The number of hydrogen-bond donors (Lipinski definition) is 1. The van der Waals surface area contributed by atoms with E-state index in [9.17, 15) is 22.0 Å². The molecule has 2 aromatic rings. The summed E-state index contributed by atoms with van der Waals surface area (Å²) in [5.74, 6) is -10.4. The highest BCUT2D eigenvalue weighted by molar-refractivity contribution is 9.10. The van der Waals surface area contributed by atoms with Crippen LogP contribution >= 0.6 is 15.9 Å². The van der Waals surface area contributed by atoms with E-state index in [-0.39, 0.29) is 10.4 Å². The quantitative estimate of drug-likeness (QED) is 0.513. The van der Waals surface area contributed by atoms with Crippen LogP contribution in [-0.4, -0.2) is 0 Å². The van der Waals surface area contributed by atoms with Gasteiger partial charge in [-0.2, -0.15) is 0 Å². The molecule has 0 aliphatic carbocycles. The van der Waals surface area contributed by atoms with Gasteiger partial charge in [0.2, 0.25) is 5.82 Å². The van der Waals surface area contributed by atoms with E-state index < -0.39 is 40.7 Å². The fraction of sp³-hybridized carbons (Fsp3) is 0.0909. The monoisotopic (exact) mass is 341 g/mol. The zero-order chi connectivity index (χ0) is 14.3. The summed E-state index contributed by atoms with van der Waals surface area (Å²) in [4.78, 5) is 0. The van der Waals surface area contributed by atoms with E-state index >= 15 is 0 Å². The first-order valence-corrected chi connectivity index (χ1v) is 5.66. The minimum atomic E-state index is -2.23. The van der Waals surface area contributed by atoms with E-state index in [1.807, 2.05) is 0 Å². The smallest absolute Gasteiger partial charge is 0.200 e. The van der Waals surface area contributed by atoms with E-state index in [0.29, 0.717) is 0 Å². The molecule has 1 atom stereocenters. The Hall–Kier alpha value is -1.41. The first kappa shape index (κ1) is 14.0. The Balaban J connectivity index is 2.63. The molecule has 2 nitrogen and oxygen atoms in total. The number of halogens is 6. The second-order valence-corrected chi connectivity index (χ2v) is 4.38. The fourth-order valence-electron chi connectivity index (χ4n) is 1.53. The standard InChI is InChI=1S/C11H5BrF5NO/c12-4-2-1-3(19-4)11(18)5-6(13)8(15)10(17)9(16)7(5)14/h1-2,11H,18H2. The highest BCUT2D eigenvalue weighted by atomic mass is 79.9. The van der Waals surface area contributed by atoms with Crippen molar-refractivity contribution >= 4 is 15.9 Å². The van der Waals surface area contributed by atoms with E-state index in [4.69, 9.17) is 10.2 Å². The van der Waals surface area contributed by atoms with Gasteiger partial charge < -0.3 is 10.2 Å². The van der Waals surface area contributed by atoms with Gasteiger partial charge in [0.05, 0.1) is 11.6 Å². The van der Waals surface area contributed by atoms with Crippen molar-refractivity contribution < 1.29 is 26.4 Å². The van der Waals surface area contributed by atoms with Gasteiger partial charge in [-0.1, -0.05) is 0 Å². The number of nitrogens with two attached hydrogens (primary N) is 1. The summed E-state index contributed by atoms with van der Waals surface area (Å²) < 4.78 is 71.1. The van der Waals surface area contributed by atoms with Crippen molar-refractivity contribution in [2.45, 2.75) is 6.04 Å². The Morgan fingerprint density at radius 1 is 0.895 bits per heavy atom. The average molecular weight is 342 g/mol. The average Bonchev–Trinajstić information content (AvgIpc) is 2.81. The predicted molar refractivity (Wildman–Crippen MR) is 58.7 cm³/mol. The van der Waals surface area contributed by atoms with Crippen molar-refractivity contribution in [2.75, 3.05) is 0 Å². The van der Waals surface area contributed by atoms with E-state index in [0.717, 1.165) is 0 Å². The van der Waals surface area contributed by atoms with Crippen LogP contribution in [0.1, 0.15) is 17.4 Å². The molecule has 2 rings (SSSR count). The Kier molecular flexibility index (Phi) is 3.64. The highest BCUT2D eigenvalue weighted by Crippen LogP contribution is 2.31. The van der Waals surface area contributed by atoms with Crippen LogP contribution in [0, 0.1) is 29.1 Å². The van der Waals surface area contributed by atoms with Crippen molar-refractivity contribution in [3.63, 3.8) is 0 Å². The lowest BCUT2D eigenvalue weighted by atomic mass is 10.0. The molecule has 19 heavy (non-hydrogen) atoms. The lowest BCUT2D eigenvalue weighted by molar-refractivity contribution is 0.361. The molecule has 0 bridgehead atoms. The summed E-state index contributed by atoms with van der Waals surface area (Å²) in [7, 11) is 0. The van der Waals surface area contributed by atoms with Crippen molar-refractivity contribution in [1.82, 2.24) is 0 Å². The second-order valence-electron chi connectivity index (χ2n) is 3.60. The minimum Gasteiger partial charge on any atom is -0.452 e. The Labute approximate surface area is 112 Å². The molecule has 1 unspecified atom stereocenters. The van der Waals surface area contributed by atoms with Gasteiger partial charge in [-0.15, -0.1) is 0 Å². The van der Waals surface area contributed by atoms with Crippen LogP contribution in [0.5, 0.6) is 0 Å². The first-order chi connectivity index (χ1) is 8.84. The largest absolute Gasteiger partial charge is 0.452 e. The molecule has 0 aliphatic rings. The molecule has 102 valence electrons. The van der Waals surface area contributed by atoms with Gasteiger partial charge in [0.15, 0.2) is 27.9 Å². The number of rotatable bonds is 2. The third-order valence-corrected chi connectivity index (χ3v) is 2.88. The van der Waals surface area contributed by atoms with Crippen LogP contribution in [0.3, 0.4) is 0 Å². The molecule has 0 radical (unpaired) electrons. The summed E-state index contributed by atoms with van der Waals surface area (Å²) >= 11 is 2.93. The summed E-state index contributed by atoms with van der Waals surface area (Å²) in [5.41, 5.74) is 4.33. The van der Waals surface area contributed by atoms with Gasteiger partial charge in [-0.05, 0) is 28.1 Å². The number of furan rings is 1. The van der Waals surface area contributed by atoms with E-state index in [1.54, 1.807) is 0 Å².